The Morgan fingerprint density at radius 2 is 1.83 bits per heavy atom. The van der Waals surface area contributed by atoms with E-state index < -0.39 is 0 Å². The topological polar surface area (TPSA) is 37.0 Å². The normalized spacial score (nSPS) is 13.2. The van der Waals surface area contributed by atoms with E-state index in [0.29, 0.717) is 0 Å². The summed E-state index contributed by atoms with van der Waals surface area (Å²) in [4.78, 5) is 4.21. The van der Waals surface area contributed by atoms with Gasteiger partial charge in [0.1, 0.15) is 5.82 Å². The molecule has 3 rings (SSSR count). The Balaban J connectivity index is 1.83. The van der Waals surface area contributed by atoms with Crippen molar-refractivity contribution < 1.29 is 0 Å². The van der Waals surface area contributed by atoms with Crippen LogP contribution in [0.3, 0.4) is 0 Å². The lowest BCUT2D eigenvalue weighted by atomic mass is 10.1. The molecule has 1 aromatic carbocycles. The third-order valence-electron chi connectivity index (χ3n) is 3.40. The van der Waals surface area contributed by atoms with Gasteiger partial charge in [-0.1, -0.05) is 6.07 Å². The number of benzene rings is 1. The number of nitrogens with one attached hydrogen (secondary N) is 2. The van der Waals surface area contributed by atoms with Crippen LogP contribution in [0.4, 0.5) is 17.2 Å². The standard InChI is InChI=1S/C15H17N3/c1-16-15-10-14(7-8-17-15)18-13-6-5-11-3-2-4-12(11)9-13/h5-10H,2-4H2,1H3,(H2,16,17,18). The van der Waals surface area contributed by atoms with Gasteiger partial charge < -0.3 is 10.6 Å². The molecule has 18 heavy (non-hydrogen) atoms. The average Bonchev–Trinajstić information content (AvgIpc) is 2.86. The number of aryl methyl sites for hydroxylation is 2. The van der Waals surface area contributed by atoms with E-state index in [1.807, 2.05) is 25.4 Å². The van der Waals surface area contributed by atoms with Crippen LogP contribution in [0.2, 0.25) is 0 Å². The first-order valence-electron chi connectivity index (χ1n) is 6.38. The van der Waals surface area contributed by atoms with Crippen LogP contribution in [0.5, 0.6) is 0 Å². The minimum absolute atomic E-state index is 0.876. The van der Waals surface area contributed by atoms with Gasteiger partial charge in [-0.3, -0.25) is 0 Å². The van der Waals surface area contributed by atoms with E-state index in [9.17, 15) is 0 Å². The van der Waals surface area contributed by atoms with Gasteiger partial charge in [-0.05, 0) is 48.6 Å². The molecule has 92 valence electrons. The van der Waals surface area contributed by atoms with Crippen molar-refractivity contribution in [2.24, 2.45) is 0 Å². The van der Waals surface area contributed by atoms with Crippen molar-refractivity contribution in [1.82, 2.24) is 4.98 Å². The van der Waals surface area contributed by atoms with Gasteiger partial charge in [-0.2, -0.15) is 0 Å². The third kappa shape index (κ3) is 2.16. The molecule has 0 spiro atoms. The number of fused-ring (bicyclic) bond motifs is 1. The first kappa shape index (κ1) is 11.1. The van der Waals surface area contributed by atoms with Crippen LogP contribution >= 0.6 is 0 Å². The first-order chi connectivity index (χ1) is 8.85. The molecule has 0 amide bonds. The number of anilines is 3. The number of rotatable bonds is 3. The van der Waals surface area contributed by atoms with Crippen LogP contribution < -0.4 is 10.6 Å². The van der Waals surface area contributed by atoms with E-state index in [4.69, 9.17) is 0 Å². The van der Waals surface area contributed by atoms with E-state index in [1.54, 1.807) is 0 Å². The third-order valence-corrected chi connectivity index (χ3v) is 3.40. The minimum atomic E-state index is 0.876. The summed E-state index contributed by atoms with van der Waals surface area (Å²) in [6.45, 7) is 0. The Morgan fingerprint density at radius 1 is 1.00 bits per heavy atom. The Hall–Kier alpha value is -2.03. The zero-order valence-electron chi connectivity index (χ0n) is 10.5. The fraction of sp³-hybridized carbons (Fsp3) is 0.267. The van der Waals surface area contributed by atoms with Gasteiger partial charge >= 0.3 is 0 Å². The summed E-state index contributed by atoms with van der Waals surface area (Å²) in [5.41, 5.74) is 5.21. The fourth-order valence-electron chi connectivity index (χ4n) is 2.46. The number of hydrogen-bond acceptors (Lipinski definition) is 3. The largest absolute Gasteiger partial charge is 0.373 e. The van der Waals surface area contributed by atoms with Gasteiger partial charge in [0, 0.05) is 30.7 Å². The van der Waals surface area contributed by atoms with Crippen LogP contribution in [-0.2, 0) is 12.8 Å². The molecule has 0 saturated carbocycles. The van der Waals surface area contributed by atoms with Gasteiger partial charge in [0.2, 0.25) is 0 Å². The number of nitrogens with zero attached hydrogens (tertiary/aromatic N) is 1. The molecule has 1 heterocycles. The van der Waals surface area contributed by atoms with Gasteiger partial charge in [0.15, 0.2) is 0 Å². The summed E-state index contributed by atoms with van der Waals surface area (Å²) in [6.07, 6.45) is 5.54. The number of aromatic nitrogens is 1. The zero-order valence-corrected chi connectivity index (χ0v) is 10.5. The number of hydrogen-bond donors (Lipinski definition) is 2. The summed E-state index contributed by atoms with van der Waals surface area (Å²) >= 11 is 0. The van der Waals surface area contributed by atoms with Crippen molar-refractivity contribution in [1.29, 1.82) is 0 Å². The van der Waals surface area contributed by atoms with Crippen LogP contribution in [-0.4, -0.2) is 12.0 Å². The minimum Gasteiger partial charge on any atom is -0.373 e. The van der Waals surface area contributed by atoms with Gasteiger partial charge in [0.05, 0.1) is 0 Å². The Morgan fingerprint density at radius 3 is 2.72 bits per heavy atom. The van der Waals surface area contributed by atoms with Gasteiger partial charge in [-0.15, -0.1) is 0 Å². The lowest BCUT2D eigenvalue weighted by Gasteiger charge is -2.09. The Labute approximate surface area is 107 Å². The first-order valence-corrected chi connectivity index (χ1v) is 6.38. The molecule has 0 saturated heterocycles. The fourth-order valence-corrected chi connectivity index (χ4v) is 2.46. The molecular formula is C15H17N3. The van der Waals surface area contributed by atoms with Crippen molar-refractivity contribution in [3.05, 3.63) is 47.7 Å². The smallest absolute Gasteiger partial charge is 0.127 e. The highest BCUT2D eigenvalue weighted by Gasteiger charge is 2.10. The molecule has 3 nitrogen and oxygen atoms in total. The molecule has 1 aliphatic rings. The Bertz CT molecular complexity index is 563. The second-order valence-corrected chi connectivity index (χ2v) is 4.64. The molecular weight excluding hydrogens is 222 g/mol. The summed E-state index contributed by atoms with van der Waals surface area (Å²) in [6, 6.07) is 10.7. The van der Waals surface area contributed by atoms with Crippen molar-refractivity contribution >= 4 is 17.2 Å². The lowest BCUT2D eigenvalue weighted by Crippen LogP contribution is -1.96. The predicted octanol–water partition coefficient (Wildman–Crippen LogP) is 3.36. The lowest BCUT2D eigenvalue weighted by molar-refractivity contribution is 0.912. The molecule has 0 unspecified atom stereocenters. The van der Waals surface area contributed by atoms with E-state index in [1.165, 1.54) is 30.4 Å². The highest BCUT2D eigenvalue weighted by Crippen LogP contribution is 2.26. The SMILES string of the molecule is CNc1cc(Nc2ccc3c(c2)CCC3)ccn1. The highest BCUT2D eigenvalue weighted by molar-refractivity contribution is 5.63. The summed E-state index contributed by atoms with van der Waals surface area (Å²) in [5, 5.41) is 6.47. The second kappa shape index (κ2) is 4.69. The van der Waals surface area contributed by atoms with Gasteiger partial charge in [-0.25, -0.2) is 4.98 Å². The molecule has 1 aromatic heterocycles. The molecule has 1 aliphatic carbocycles. The average molecular weight is 239 g/mol. The number of pyridine rings is 1. The quantitative estimate of drug-likeness (QED) is 0.862. The van der Waals surface area contributed by atoms with E-state index >= 15 is 0 Å². The van der Waals surface area contributed by atoms with E-state index in [2.05, 4.69) is 33.8 Å². The molecule has 0 radical (unpaired) electrons. The van der Waals surface area contributed by atoms with Crippen molar-refractivity contribution in [3.8, 4) is 0 Å². The van der Waals surface area contributed by atoms with Crippen molar-refractivity contribution in [3.63, 3.8) is 0 Å². The monoisotopic (exact) mass is 239 g/mol. The van der Waals surface area contributed by atoms with E-state index in [-0.39, 0.29) is 0 Å². The van der Waals surface area contributed by atoms with Crippen molar-refractivity contribution in [2.75, 3.05) is 17.7 Å². The Kier molecular flexibility index (Phi) is 2.89. The zero-order chi connectivity index (χ0) is 12.4. The van der Waals surface area contributed by atoms with Crippen LogP contribution in [0.1, 0.15) is 17.5 Å². The maximum atomic E-state index is 4.21. The van der Waals surface area contributed by atoms with Crippen molar-refractivity contribution in [2.45, 2.75) is 19.3 Å². The molecule has 0 fully saturated rings. The van der Waals surface area contributed by atoms with Crippen LogP contribution in [0, 0.1) is 0 Å². The molecule has 2 aromatic rings. The highest BCUT2D eigenvalue weighted by atomic mass is 15.0. The second-order valence-electron chi connectivity index (χ2n) is 4.64. The molecule has 0 aliphatic heterocycles. The summed E-state index contributed by atoms with van der Waals surface area (Å²) < 4.78 is 0. The predicted molar refractivity (Wildman–Crippen MR) is 75.5 cm³/mol. The molecule has 3 heteroatoms. The summed E-state index contributed by atoms with van der Waals surface area (Å²) in [7, 11) is 1.88. The maximum Gasteiger partial charge on any atom is 0.127 e. The maximum absolute atomic E-state index is 4.21. The van der Waals surface area contributed by atoms with Crippen LogP contribution in [0.25, 0.3) is 0 Å². The van der Waals surface area contributed by atoms with Gasteiger partial charge in [0.25, 0.3) is 0 Å². The molecule has 2 N–H and O–H groups in total. The summed E-state index contributed by atoms with van der Waals surface area (Å²) in [5.74, 6) is 0.876. The van der Waals surface area contributed by atoms with Crippen LogP contribution in [0.15, 0.2) is 36.5 Å². The van der Waals surface area contributed by atoms with E-state index in [0.717, 1.165) is 17.2 Å². The molecule has 0 bridgehead atoms. The molecule has 0 atom stereocenters.